The van der Waals surface area contributed by atoms with Crippen LogP contribution in [0.5, 0.6) is 0 Å². The number of halogens is 1. The van der Waals surface area contributed by atoms with Gasteiger partial charge in [0.25, 0.3) is 0 Å². The maximum Gasteiger partial charge on any atom is 0.233 e. The average molecular weight is 262 g/mol. The molecule has 0 N–H and O–H groups in total. The number of hydrogen-bond donors (Lipinski definition) is 0. The van der Waals surface area contributed by atoms with E-state index in [1.54, 1.807) is 11.3 Å². The highest BCUT2D eigenvalue weighted by atomic mass is 79.9. The quantitative estimate of drug-likeness (QED) is 0.763. The number of rotatable bonds is 4. The Labute approximate surface area is 90.7 Å². The van der Waals surface area contributed by atoms with E-state index in [4.69, 9.17) is 0 Å². The van der Waals surface area contributed by atoms with Crippen LogP contribution in [0.1, 0.15) is 12.5 Å². The van der Waals surface area contributed by atoms with Crippen molar-refractivity contribution in [3.05, 3.63) is 22.4 Å². The van der Waals surface area contributed by atoms with Gasteiger partial charge in [-0.1, -0.05) is 15.9 Å². The van der Waals surface area contributed by atoms with Gasteiger partial charge in [0.05, 0.1) is 5.33 Å². The summed E-state index contributed by atoms with van der Waals surface area (Å²) in [5.74, 6) is 0.147. The van der Waals surface area contributed by atoms with Crippen molar-refractivity contribution in [2.45, 2.75) is 13.5 Å². The van der Waals surface area contributed by atoms with Crippen LogP contribution < -0.4 is 0 Å². The third kappa shape index (κ3) is 3.12. The molecule has 2 nitrogen and oxygen atoms in total. The Kier molecular flexibility index (Phi) is 4.45. The molecule has 0 bridgehead atoms. The lowest BCUT2D eigenvalue weighted by Gasteiger charge is -2.18. The highest BCUT2D eigenvalue weighted by molar-refractivity contribution is 9.09. The molecule has 0 aromatic carbocycles. The second kappa shape index (κ2) is 5.40. The Balaban J connectivity index is 2.54. The van der Waals surface area contributed by atoms with Gasteiger partial charge in [-0.3, -0.25) is 4.79 Å². The van der Waals surface area contributed by atoms with Crippen molar-refractivity contribution in [1.29, 1.82) is 0 Å². The summed E-state index contributed by atoms with van der Waals surface area (Å²) in [6.45, 7) is 3.48. The van der Waals surface area contributed by atoms with Gasteiger partial charge in [0.15, 0.2) is 0 Å². The Morgan fingerprint density at radius 3 is 2.92 bits per heavy atom. The van der Waals surface area contributed by atoms with E-state index >= 15 is 0 Å². The first kappa shape index (κ1) is 10.7. The standard InChI is InChI=1S/C9H12BrNOS/c1-2-11(9(12)5-10)6-8-3-4-13-7-8/h3-4,7H,2,5-6H2,1H3. The number of carbonyl (C=O) groups is 1. The predicted molar refractivity (Wildman–Crippen MR) is 59.2 cm³/mol. The molecular weight excluding hydrogens is 250 g/mol. The average Bonchev–Trinajstić information content (AvgIpc) is 2.65. The molecule has 0 radical (unpaired) electrons. The highest BCUT2D eigenvalue weighted by Gasteiger charge is 2.09. The zero-order valence-electron chi connectivity index (χ0n) is 7.50. The van der Waals surface area contributed by atoms with Crippen molar-refractivity contribution in [3.63, 3.8) is 0 Å². The van der Waals surface area contributed by atoms with Gasteiger partial charge in [-0.15, -0.1) is 0 Å². The molecule has 0 atom stereocenters. The topological polar surface area (TPSA) is 20.3 Å². The van der Waals surface area contributed by atoms with Crippen LogP contribution in [-0.2, 0) is 11.3 Å². The number of amides is 1. The second-order valence-electron chi connectivity index (χ2n) is 2.67. The van der Waals surface area contributed by atoms with Gasteiger partial charge < -0.3 is 4.90 Å². The summed E-state index contributed by atoms with van der Waals surface area (Å²) in [4.78, 5) is 13.2. The fourth-order valence-corrected chi connectivity index (χ4v) is 2.08. The Morgan fingerprint density at radius 2 is 2.46 bits per heavy atom. The zero-order valence-corrected chi connectivity index (χ0v) is 9.90. The minimum atomic E-state index is 0.147. The molecule has 4 heteroatoms. The normalized spacial score (nSPS) is 10.0. The number of alkyl halides is 1. The van der Waals surface area contributed by atoms with Gasteiger partial charge in [0.2, 0.25) is 5.91 Å². The van der Waals surface area contributed by atoms with E-state index in [0.29, 0.717) is 5.33 Å². The number of carbonyl (C=O) groups excluding carboxylic acids is 1. The Morgan fingerprint density at radius 1 is 1.69 bits per heavy atom. The van der Waals surface area contributed by atoms with Crippen LogP contribution in [0.25, 0.3) is 0 Å². The Hall–Kier alpha value is -0.350. The zero-order chi connectivity index (χ0) is 9.68. The molecule has 0 fully saturated rings. The minimum absolute atomic E-state index is 0.147. The van der Waals surface area contributed by atoms with Gasteiger partial charge >= 0.3 is 0 Å². The summed E-state index contributed by atoms with van der Waals surface area (Å²) in [7, 11) is 0. The van der Waals surface area contributed by atoms with Crippen molar-refractivity contribution >= 4 is 33.2 Å². The van der Waals surface area contributed by atoms with Crippen LogP contribution >= 0.6 is 27.3 Å². The van der Waals surface area contributed by atoms with E-state index in [0.717, 1.165) is 13.1 Å². The van der Waals surface area contributed by atoms with E-state index in [-0.39, 0.29) is 5.91 Å². The van der Waals surface area contributed by atoms with E-state index < -0.39 is 0 Å². The number of hydrogen-bond acceptors (Lipinski definition) is 2. The summed E-state index contributed by atoms with van der Waals surface area (Å²) >= 11 is 4.83. The predicted octanol–water partition coefficient (Wildman–Crippen LogP) is 2.49. The van der Waals surface area contributed by atoms with Crippen molar-refractivity contribution in [2.24, 2.45) is 0 Å². The molecule has 72 valence electrons. The first-order chi connectivity index (χ1) is 6.27. The molecule has 1 amide bonds. The van der Waals surface area contributed by atoms with Crippen LogP contribution in [-0.4, -0.2) is 22.7 Å². The highest BCUT2D eigenvalue weighted by Crippen LogP contribution is 2.09. The van der Waals surface area contributed by atoms with Crippen molar-refractivity contribution in [1.82, 2.24) is 4.90 Å². The minimum Gasteiger partial charge on any atom is -0.338 e. The first-order valence-corrected chi connectivity index (χ1v) is 6.19. The summed E-state index contributed by atoms with van der Waals surface area (Å²) in [5, 5.41) is 4.51. The maximum absolute atomic E-state index is 11.4. The van der Waals surface area contributed by atoms with Gasteiger partial charge in [-0.05, 0) is 29.3 Å². The lowest BCUT2D eigenvalue weighted by atomic mass is 10.3. The van der Waals surface area contributed by atoms with E-state index in [9.17, 15) is 4.79 Å². The van der Waals surface area contributed by atoms with Crippen molar-refractivity contribution < 1.29 is 4.79 Å². The van der Waals surface area contributed by atoms with Gasteiger partial charge in [-0.25, -0.2) is 0 Å². The molecule has 0 saturated carbocycles. The molecule has 0 spiro atoms. The molecular formula is C9H12BrNOS. The van der Waals surface area contributed by atoms with E-state index in [1.807, 2.05) is 17.2 Å². The summed E-state index contributed by atoms with van der Waals surface area (Å²) in [6.07, 6.45) is 0. The smallest absolute Gasteiger partial charge is 0.233 e. The molecule has 0 aliphatic rings. The van der Waals surface area contributed by atoms with Gasteiger partial charge in [0.1, 0.15) is 0 Å². The Bertz CT molecular complexity index is 261. The third-order valence-corrected chi connectivity index (χ3v) is 3.01. The molecule has 1 aromatic heterocycles. The molecule has 0 aliphatic heterocycles. The van der Waals surface area contributed by atoms with Crippen LogP contribution in [0.4, 0.5) is 0 Å². The van der Waals surface area contributed by atoms with Crippen LogP contribution in [0.15, 0.2) is 16.8 Å². The number of thiophene rings is 1. The molecule has 0 aliphatic carbocycles. The fraction of sp³-hybridized carbons (Fsp3) is 0.444. The largest absolute Gasteiger partial charge is 0.338 e. The van der Waals surface area contributed by atoms with Crippen LogP contribution in [0.2, 0.25) is 0 Å². The molecule has 13 heavy (non-hydrogen) atoms. The molecule has 1 rings (SSSR count). The van der Waals surface area contributed by atoms with Gasteiger partial charge in [-0.2, -0.15) is 11.3 Å². The van der Waals surface area contributed by atoms with Gasteiger partial charge in [0, 0.05) is 13.1 Å². The molecule has 0 saturated heterocycles. The second-order valence-corrected chi connectivity index (χ2v) is 4.01. The lowest BCUT2D eigenvalue weighted by molar-refractivity contribution is -0.128. The van der Waals surface area contributed by atoms with Crippen molar-refractivity contribution in [3.8, 4) is 0 Å². The third-order valence-electron chi connectivity index (χ3n) is 1.80. The number of nitrogens with zero attached hydrogens (tertiary/aromatic N) is 1. The van der Waals surface area contributed by atoms with E-state index in [1.165, 1.54) is 5.56 Å². The van der Waals surface area contributed by atoms with Crippen molar-refractivity contribution in [2.75, 3.05) is 11.9 Å². The van der Waals surface area contributed by atoms with Crippen LogP contribution in [0.3, 0.4) is 0 Å². The molecule has 1 heterocycles. The fourth-order valence-electron chi connectivity index (χ4n) is 1.06. The summed E-state index contributed by atoms with van der Waals surface area (Å²) in [5.41, 5.74) is 1.21. The first-order valence-electron chi connectivity index (χ1n) is 4.12. The maximum atomic E-state index is 11.4. The lowest BCUT2D eigenvalue weighted by Crippen LogP contribution is -2.30. The SMILES string of the molecule is CCN(Cc1ccsc1)C(=O)CBr. The molecule has 1 aromatic rings. The monoisotopic (exact) mass is 261 g/mol. The molecule has 0 unspecified atom stereocenters. The van der Waals surface area contributed by atoms with E-state index in [2.05, 4.69) is 27.4 Å². The summed E-state index contributed by atoms with van der Waals surface area (Å²) in [6, 6.07) is 2.05. The van der Waals surface area contributed by atoms with Crippen LogP contribution in [0, 0.1) is 0 Å². The summed E-state index contributed by atoms with van der Waals surface area (Å²) < 4.78 is 0.